The van der Waals surface area contributed by atoms with E-state index < -0.39 is 11.4 Å². The average Bonchev–Trinajstić information content (AvgIpc) is 2.83. The third-order valence-corrected chi connectivity index (χ3v) is 5.31. The summed E-state index contributed by atoms with van der Waals surface area (Å²) in [5.74, 6) is 0.704. The van der Waals surface area contributed by atoms with Gasteiger partial charge in [0.25, 0.3) is 0 Å². The summed E-state index contributed by atoms with van der Waals surface area (Å²) in [6.07, 6.45) is 6.14. The minimum Gasteiger partial charge on any atom is -0.494 e. The Kier molecular flexibility index (Phi) is 6.11. The molecule has 6 nitrogen and oxygen atoms in total. The van der Waals surface area contributed by atoms with Gasteiger partial charge in [-0.25, -0.2) is 4.79 Å². The number of aromatic nitrogens is 1. The van der Waals surface area contributed by atoms with Crippen molar-refractivity contribution < 1.29 is 19.4 Å². The van der Waals surface area contributed by atoms with Gasteiger partial charge in [0.1, 0.15) is 11.3 Å². The lowest BCUT2D eigenvalue weighted by Crippen LogP contribution is -2.21. The van der Waals surface area contributed by atoms with Crippen LogP contribution in [0.15, 0.2) is 29.2 Å². The van der Waals surface area contributed by atoms with Crippen LogP contribution in [0.3, 0.4) is 0 Å². The number of carboxylic acid groups (broad SMARTS) is 1. The molecule has 0 saturated heterocycles. The maximum atomic E-state index is 12.6. The smallest absolute Gasteiger partial charge is 0.341 e. The van der Waals surface area contributed by atoms with E-state index in [4.69, 9.17) is 9.47 Å². The number of thioether (sulfide) groups is 1. The monoisotopic (exact) mass is 389 g/mol. The molecule has 1 aliphatic rings. The Morgan fingerprint density at radius 1 is 1.37 bits per heavy atom. The van der Waals surface area contributed by atoms with Crippen LogP contribution in [-0.4, -0.2) is 41.4 Å². The molecular formula is C20H23NO5S. The molecule has 1 aromatic carbocycles. The van der Waals surface area contributed by atoms with Crippen molar-refractivity contribution in [3.8, 4) is 22.8 Å². The van der Waals surface area contributed by atoms with Crippen molar-refractivity contribution in [1.82, 2.24) is 4.57 Å². The molecule has 0 amide bonds. The molecule has 2 heterocycles. The minimum atomic E-state index is -1.24. The van der Waals surface area contributed by atoms with Gasteiger partial charge in [-0.05, 0) is 55.0 Å². The molecule has 0 spiro atoms. The number of fused-ring (bicyclic) bond motifs is 3. The van der Waals surface area contributed by atoms with Crippen LogP contribution < -0.4 is 14.9 Å². The van der Waals surface area contributed by atoms with Crippen LogP contribution in [0, 0.1) is 0 Å². The van der Waals surface area contributed by atoms with E-state index in [0.29, 0.717) is 18.8 Å². The number of hydrogen-bond acceptors (Lipinski definition) is 5. The first-order chi connectivity index (χ1) is 13.1. The fourth-order valence-electron chi connectivity index (χ4n) is 3.37. The van der Waals surface area contributed by atoms with Crippen LogP contribution in [0.25, 0.3) is 11.3 Å². The SMILES string of the molecule is COc1c2n(cc(C(=O)O)c1=O)CCCc1cc(OCCCSC)ccc1-2. The number of carbonyl (C=O) groups is 1. The number of methoxy groups -OCH3 is 1. The molecule has 0 radical (unpaired) electrons. The van der Waals surface area contributed by atoms with E-state index in [-0.39, 0.29) is 11.3 Å². The zero-order chi connectivity index (χ0) is 19.4. The highest BCUT2D eigenvalue weighted by Gasteiger charge is 2.24. The molecule has 0 atom stereocenters. The van der Waals surface area contributed by atoms with E-state index >= 15 is 0 Å². The Bertz CT molecular complexity index is 906. The van der Waals surface area contributed by atoms with Crippen LogP contribution in [0.4, 0.5) is 0 Å². The largest absolute Gasteiger partial charge is 0.494 e. The zero-order valence-electron chi connectivity index (χ0n) is 15.5. The highest BCUT2D eigenvalue weighted by atomic mass is 32.2. The van der Waals surface area contributed by atoms with Crippen molar-refractivity contribution in [2.24, 2.45) is 0 Å². The van der Waals surface area contributed by atoms with Gasteiger partial charge in [-0.2, -0.15) is 11.8 Å². The summed E-state index contributed by atoms with van der Waals surface area (Å²) >= 11 is 1.80. The summed E-state index contributed by atoms with van der Waals surface area (Å²) in [7, 11) is 1.40. The van der Waals surface area contributed by atoms with Crippen LogP contribution in [0.5, 0.6) is 11.5 Å². The number of aromatic carboxylic acids is 1. The van der Waals surface area contributed by atoms with Crippen molar-refractivity contribution in [3.05, 3.63) is 45.7 Å². The second kappa shape index (κ2) is 8.52. The van der Waals surface area contributed by atoms with Crippen molar-refractivity contribution >= 4 is 17.7 Å². The summed E-state index contributed by atoms with van der Waals surface area (Å²) in [6.45, 7) is 1.28. The molecule has 0 unspecified atom stereocenters. The lowest BCUT2D eigenvalue weighted by molar-refractivity contribution is 0.0694. The molecule has 0 bridgehead atoms. The van der Waals surface area contributed by atoms with E-state index in [2.05, 4.69) is 6.26 Å². The van der Waals surface area contributed by atoms with Gasteiger partial charge in [0.15, 0.2) is 5.75 Å². The maximum absolute atomic E-state index is 12.6. The number of pyridine rings is 1. The molecule has 144 valence electrons. The lowest BCUT2D eigenvalue weighted by Gasteiger charge is -2.17. The summed E-state index contributed by atoms with van der Waals surface area (Å²) in [4.78, 5) is 24.0. The van der Waals surface area contributed by atoms with E-state index in [1.165, 1.54) is 13.3 Å². The first-order valence-electron chi connectivity index (χ1n) is 8.86. The topological polar surface area (TPSA) is 77.8 Å². The standard InChI is InChI=1S/C20H23NO5S/c1-25-19-17-15-7-6-14(26-9-4-10-27-2)11-13(15)5-3-8-21(17)12-16(18(19)22)20(23)24/h6-7,11-12H,3-5,8-10H2,1-2H3,(H,23,24). The molecule has 27 heavy (non-hydrogen) atoms. The molecule has 2 aromatic rings. The van der Waals surface area contributed by atoms with Crippen molar-refractivity contribution in [2.45, 2.75) is 25.8 Å². The lowest BCUT2D eigenvalue weighted by atomic mass is 10.00. The second-order valence-corrected chi connectivity index (χ2v) is 7.36. The van der Waals surface area contributed by atoms with Crippen molar-refractivity contribution in [3.63, 3.8) is 0 Å². The van der Waals surface area contributed by atoms with Crippen molar-refractivity contribution in [1.29, 1.82) is 0 Å². The highest BCUT2D eigenvalue weighted by Crippen LogP contribution is 2.35. The number of nitrogens with zero attached hydrogens (tertiary/aromatic N) is 1. The molecule has 1 aromatic heterocycles. The average molecular weight is 389 g/mol. The van der Waals surface area contributed by atoms with Crippen LogP contribution in [0.2, 0.25) is 0 Å². The third kappa shape index (κ3) is 3.98. The van der Waals surface area contributed by atoms with Gasteiger partial charge in [0, 0.05) is 18.3 Å². The van der Waals surface area contributed by atoms with Gasteiger partial charge in [-0.1, -0.05) is 0 Å². The first kappa shape index (κ1) is 19.4. The van der Waals surface area contributed by atoms with Gasteiger partial charge in [-0.15, -0.1) is 0 Å². The Hall–Kier alpha value is -2.41. The predicted molar refractivity (Wildman–Crippen MR) is 106 cm³/mol. The Morgan fingerprint density at radius 3 is 2.89 bits per heavy atom. The molecule has 0 saturated carbocycles. The van der Waals surface area contributed by atoms with Crippen LogP contribution >= 0.6 is 11.8 Å². The van der Waals surface area contributed by atoms with Crippen LogP contribution in [0.1, 0.15) is 28.8 Å². The summed E-state index contributed by atoms with van der Waals surface area (Å²) < 4.78 is 13.0. The number of benzene rings is 1. The van der Waals surface area contributed by atoms with Gasteiger partial charge >= 0.3 is 5.97 Å². The molecule has 1 aliphatic heterocycles. The number of rotatable bonds is 7. The highest BCUT2D eigenvalue weighted by molar-refractivity contribution is 7.98. The van der Waals surface area contributed by atoms with E-state index in [1.807, 2.05) is 22.8 Å². The van der Waals surface area contributed by atoms with Gasteiger partial charge < -0.3 is 19.1 Å². The quantitative estimate of drug-likeness (QED) is 0.732. The summed E-state index contributed by atoms with van der Waals surface area (Å²) in [5, 5.41) is 9.32. The van der Waals surface area contributed by atoms with E-state index in [9.17, 15) is 14.7 Å². The summed E-state index contributed by atoms with van der Waals surface area (Å²) in [6, 6.07) is 5.83. The number of ether oxygens (including phenoxy) is 2. The number of hydrogen-bond donors (Lipinski definition) is 1. The first-order valence-corrected chi connectivity index (χ1v) is 10.3. The number of carboxylic acids is 1. The third-order valence-electron chi connectivity index (χ3n) is 4.61. The molecular weight excluding hydrogens is 366 g/mol. The zero-order valence-corrected chi connectivity index (χ0v) is 16.3. The molecule has 3 rings (SSSR count). The molecule has 0 fully saturated rings. The molecule has 1 N–H and O–H groups in total. The minimum absolute atomic E-state index is 0.0756. The normalized spacial score (nSPS) is 12.7. The second-order valence-electron chi connectivity index (χ2n) is 6.37. The Morgan fingerprint density at radius 2 is 2.19 bits per heavy atom. The number of aryl methyl sites for hydroxylation is 2. The van der Waals surface area contributed by atoms with Gasteiger partial charge in [-0.3, -0.25) is 4.79 Å². The Labute approximate surface area is 162 Å². The maximum Gasteiger partial charge on any atom is 0.341 e. The van der Waals surface area contributed by atoms with Crippen LogP contribution in [-0.2, 0) is 13.0 Å². The van der Waals surface area contributed by atoms with E-state index in [1.54, 1.807) is 11.8 Å². The molecule has 0 aliphatic carbocycles. The van der Waals surface area contributed by atoms with Gasteiger partial charge in [0.2, 0.25) is 5.43 Å². The van der Waals surface area contributed by atoms with Crippen molar-refractivity contribution in [2.75, 3.05) is 25.7 Å². The summed E-state index contributed by atoms with van der Waals surface area (Å²) in [5.41, 5.74) is 1.72. The van der Waals surface area contributed by atoms with Gasteiger partial charge in [0.05, 0.1) is 19.4 Å². The fraction of sp³-hybridized carbons (Fsp3) is 0.400. The fourth-order valence-corrected chi connectivity index (χ4v) is 3.77. The van der Waals surface area contributed by atoms with E-state index in [0.717, 1.165) is 41.9 Å². The Balaban J connectivity index is 2.04. The predicted octanol–water partition coefficient (Wildman–Crippen LogP) is 3.30. The molecule has 7 heteroatoms.